The van der Waals surface area contributed by atoms with Crippen molar-refractivity contribution in [2.75, 3.05) is 19.6 Å². The molecule has 16 heavy (non-hydrogen) atoms. The lowest BCUT2D eigenvalue weighted by atomic mass is 9.88. The summed E-state index contributed by atoms with van der Waals surface area (Å²) >= 11 is 5.76. The van der Waals surface area contributed by atoms with Crippen molar-refractivity contribution in [2.45, 2.75) is 52.1 Å². The van der Waals surface area contributed by atoms with Crippen LogP contribution in [0.2, 0.25) is 0 Å². The van der Waals surface area contributed by atoms with E-state index in [9.17, 15) is 0 Å². The van der Waals surface area contributed by atoms with Gasteiger partial charge >= 0.3 is 0 Å². The highest BCUT2D eigenvalue weighted by molar-refractivity contribution is 6.25. The molecule has 1 fully saturated rings. The first-order valence-corrected chi connectivity index (χ1v) is 6.52. The predicted molar refractivity (Wildman–Crippen MR) is 72.0 cm³/mol. The second-order valence-corrected chi connectivity index (χ2v) is 6.11. The Morgan fingerprint density at radius 1 is 1.44 bits per heavy atom. The summed E-state index contributed by atoms with van der Waals surface area (Å²) in [6.45, 7) is 14.3. The third-order valence-electron chi connectivity index (χ3n) is 3.75. The lowest BCUT2D eigenvalue weighted by Gasteiger charge is -2.51. The van der Waals surface area contributed by atoms with Crippen molar-refractivity contribution in [1.82, 2.24) is 10.2 Å². The fraction of sp³-hybridized carbons (Fsp3) is 0.846. The van der Waals surface area contributed by atoms with Crippen LogP contribution in [0.4, 0.5) is 0 Å². The molecule has 1 rings (SSSR count). The molecule has 0 amide bonds. The Labute approximate surface area is 105 Å². The standard InChI is InChI=1S/C13H25ClN2/c1-6-13(5)10-16(8-11(2)7-14)12(3,4)9-15-13/h7,15H,6,8-10H2,1-5H3. The van der Waals surface area contributed by atoms with Crippen LogP contribution >= 0.6 is 11.6 Å². The van der Waals surface area contributed by atoms with Gasteiger partial charge in [0.05, 0.1) is 0 Å². The number of nitrogens with one attached hydrogen (secondary N) is 1. The minimum atomic E-state index is 0.204. The predicted octanol–water partition coefficient (Wildman–Crippen LogP) is 2.98. The van der Waals surface area contributed by atoms with Gasteiger partial charge in [-0.3, -0.25) is 4.90 Å². The molecular weight excluding hydrogens is 220 g/mol. The molecule has 1 atom stereocenters. The van der Waals surface area contributed by atoms with Gasteiger partial charge in [0, 0.05) is 36.2 Å². The Morgan fingerprint density at radius 2 is 2.06 bits per heavy atom. The van der Waals surface area contributed by atoms with Crippen molar-refractivity contribution in [3.63, 3.8) is 0 Å². The minimum Gasteiger partial charge on any atom is -0.308 e. The van der Waals surface area contributed by atoms with Gasteiger partial charge in [0.1, 0.15) is 0 Å². The van der Waals surface area contributed by atoms with Gasteiger partial charge in [0.15, 0.2) is 0 Å². The highest BCUT2D eigenvalue weighted by atomic mass is 35.5. The van der Waals surface area contributed by atoms with E-state index in [1.165, 1.54) is 5.57 Å². The van der Waals surface area contributed by atoms with E-state index in [1.807, 2.05) is 0 Å². The van der Waals surface area contributed by atoms with Gasteiger partial charge < -0.3 is 5.32 Å². The molecule has 1 heterocycles. The number of hydrogen-bond acceptors (Lipinski definition) is 2. The zero-order valence-electron chi connectivity index (χ0n) is 11.2. The summed E-state index contributed by atoms with van der Waals surface area (Å²) in [4.78, 5) is 2.53. The topological polar surface area (TPSA) is 15.3 Å². The fourth-order valence-corrected chi connectivity index (χ4v) is 2.14. The van der Waals surface area contributed by atoms with E-state index in [4.69, 9.17) is 11.6 Å². The number of halogens is 1. The zero-order chi connectivity index (χ0) is 12.4. The van der Waals surface area contributed by atoms with Gasteiger partial charge in [-0.2, -0.15) is 0 Å². The van der Waals surface area contributed by atoms with Crippen LogP contribution in [-0.4, -0.2) is 35.6 Å². The third-order valence-corrected chi connectivity index (χ3v) is 4.12. The number of piperazine rings is 1. The van der Waals surface area contributed by atoms with Crippen molar-refractivity contribution < 1.29 is 0 Å². The Hall–Kier alpha value is -0.0500. The smallest absolute Gasteiger partial charge is 0.0282 e. The second kappa shape index (κ2) is 5.07. The minimum absolute atomic E-state index is 0.204. The van der Waals surface area contributed by atoms with E-state index in [0.717, 1.165) is 26.1 Å². The van der Waals surface area contributed by atoms with Crippen molar-refractivity contribution >= 4 is 11.6 Å². The van der Waals surface area contributed by atoms with Crippen LogP contribution < -0.4 is 5.32 Å². The van der Waals surface area contributed by atoms with Crippen LogP contribution in [-0.2, 0) is 0 Å². The molecule has 0 saturated carbocycles. The Morgan fingerprint density at radius 3 is 2.56 bits per heavy atom. The van der Waals surface area contributed by atoms with Crippen molar-refractivity contribution in [2.24, 2.45) is 0 Å². The first-order valence-electron chi connectivity index (χ1n) is 6.09. The lowest BCUT2D eigenvalue weighted by molar-refractivity contribution is 0.0394. The molecule has 94 valence electrons. The van der Waals surface area contributed by atoms with Gasteiger partial charge in [-0.05, 0) is 39.7 Å². The second-order valence-electron chi connectivity index (χ2n) is 5.89. The maximum Gasteiger partial charge on any atom is 0.0282 e. The molecule has 0 bridgehead atoms. The number of hydrogen-bond donors (Lipinski definition) is 1. The summed E-state index contributed by atoms with van der Waals surface area (Å²) in [5.41, 5.74) is 3.37. The molecule has 0 radical (unpaired) electrons. The highest BCUT2D eigenvalue weighted by Gasteiger charge is 2.38. The molecule has 1 aliphatic heterocycles. The SMILES string of the molecule is CCC1(C)CN(CC(C)=CCl)C(C)(C)CN1. The molecule has 0 aliphatic carbocycles. The van der Waals surface area contributed by atoms with Crippen molar-refractivity contribution in [3.05, 3.63) is 11.1 Å². The summed E-state index contributed by atoms with van der Waals surface area (Å²) in [6, 6.07) is 0. The number of rotatable bonds is 3. The first-order chi connectivity index (χ1) is 7.33. The van der Waals surface area contributed by atoms with Crippen LogP contribution in [0, 0.1) is 0 Å². The van der Waals surface area contributed by atoms with Gasteiger partial charge in [-0.25, -0.2) is 0 Å². The Kier molecular flexibility index (Phi) is 4.44. The molecule has 0 aromatic rings. The zero-order valence-corrected chi connectivity index (χ0v) is 12.0. The summed E-state index contributed by atoms with van der Waals surface area (Å²) in [6.07, 6.45) is 1.16. The van der Waals surface area contributed by atoms with Crippen molar-refractivity contribution in [3.8, 4) is 0 Å². The average Bonchev–Trinajstić information content (AvgIpc) is 2.24. The molecule has 1 saturated heterocycles. The molecular formula is C13H25ClN2. The summed E-state index contributed by atoms with van der Waals surface area (Å²) in [7, 11) is 0. The first kappa shape index (κ1) is 14.0. The summed E-state index contributed by atoms with van der Waals surface area (Å²) in [5, 5.41) is 3.66. The Balaban J connectivity index is 2.76. The quantitative estimate of drug-likeness (QED) is 0.821. The van der Waals surface area contributed by atoms with Crippen LogP contribution in [0.15, 0.2) is 11.1 Å². The van der Waals surface area contributed by atoms with Crippen LogP contribution in [0.5, 0.6) is 0 Å². The van der Waals surface area contributed by atoms with E-state index < -0.39 is 0 Å². The molecule has 0 spiro atoms. The molecule has 1 aliphatic rings. The lowest BCUT2D eigenvalue weighted by Crippen LogP contribution is -2.67. The normalized spacial score (nSPS) is 31.8. The largest absolute Gasteiger partial charge is 0.308 e. The molecule has 3 heteroatoms. The van der Waals surface area contributed by atoms with Crippen molar-refractivity contribution in [1.29, 1.82) is 0 Å². The van der Waals surface area contributed by atoms with Gasteiger partial charge in [0.2, 0.25) is 0 Å². The van der Waals surface area contributed by atoms with E-state index in [2.05, 4.69) is 44.8 Å². The van der Waals surface area contributed by atoms with Crippen LogP contribution in [0.25, 0.3) is 0 Å². The van der Waals surface area contributed by atoms with Gasteiger partial charge in [0.25, 0.3) is 0 Å². The van der Waals surface area contributed by atoms with E-state index >= 15 is 0 Å². The molecule has 0 aromatic carbocycles. The van der Waals surface area contributed by atoms with Gasteiger partial charge in [-0.15, -0.1) is 0 Å². The molecule has 1 unspecified atom stereocenters. The molecule has 1 N–H and O–H groups in total. The van der Waals surface area contributed by atoms with Crippen LogP contribution in [0.1, 0.15) is 41.0 Å². The van der Waals surface area contributed by atoms with E-state index in [1.54, 1.807) is 5.54 Å². The van der Waals surface area contributed by atoms with E-state index in [0.29, 0.717) is 0 Å². The van der Waals surface area contributed by atoms with Gasteiger partial charge in [-0.1, -0.05) is 18.5 Å². The summed E-state index contributed by atoms with van der Waals surface area (Å²) in [5.74, 6) is 0. The molecule has 2 nitrogen and oxygen atoms in total. The maximum absolute atomic E-state index is 5.76. The monoisotopic (exact) mass is 244 g/mol. The Bertz CT molecular complexity index is 273. The highest BCUT2D eigenvalue weighted by Crippen LogP contribution is 2.26. The summed E-state index contributed by atoms with van der Waals surface area (Å²) < 4.78 is 0. The number of nitrogens with zero attached hydrogens (tertiary/aromatic N) is 1. The molecule has 0 aromatic heterocycles. The average molecular weight is 245 g/mol. The third kappa shape index (κ3) is 3.22. The van der Waals surface area contributed by atoms with Crippen LogP contribution in [0.3, 0.4) is 0 Å². The van der Waals surface area contributed by atoms with E-state index in [-0.39, 0.29) is 11.1 Å². The fourth-order valence-electron chi connectivity index (χ4n) is 2.07. The maximum atomic E-state index is 5.76.